The van der Waals surface area contributed by atoms with Crippen molar-refractivity contribution < 1.29 is 15.0 Å². The van der Waals surface area contributed by atoms with Gasteiger partial charge in [0.2, 0.25) is 0 Å². The third kappa shape index (κ3) is 2.67. The molecule has 0 unspecified atom stereocenters. The Kier molecular flexibility index (Phi) is 3.82. The molecule has 4 heteroatoms. The van der Waals surface area contributed by atoms with Gasteiger partial charge in [-0.1, -0.05) is 6.08 Å². The smallest absolute Gasteiger partial charge is 0.337 e. The molecule has 1 rings (SSSR count). The molecule has 0 atom stereocenters. The number of aliphatic hydroxyl groups is 1. The van der Waals surface area contributed by atoms with Gasteiger partial charge in [0, 0.05) is 12.8 Å². The van der Waals surface area contributed by atoms with Crippen LogP contribution in [0.4, 0.5) is 0 Å². The Hall–Kier alpha value is -1.68. The van der Waals surface area contributed by atoms with E-state index in [9.17, 15) is 4.79 Å². The molecule has 0 saturated carbocycles. The fraction of sp³-hybridized carbons (Fsp3) is 0.200. The first-order valence-corrected chi connectivity index (χ1v) is 4.21. The van der Waals surface area contributed by atoms with Gasteiger partial charge in [-0.25, -0.2) is 4.79 Å². The molecule has 0 spiro atoms. The average molecular weight is 193 g/mol. The molecule has 0 aliphatic carbocycles. The Bertz CT molecular complexity index is 347. The zero-order valence-corrected chi connectivity index (χ0v) is 7.55. The van der Waals surface area contributed by atoms with E-state index in [1.807, 2.05) is 0 Å². The van der Waals surface area contributed by atoms with E-state index in [0.717, 1.165) is 0 Å². The SMILES string of the molecule is O=C(O)c1cccnc1C=CCCO. The van der Waals surface area contributed by atoms with Crippen LogP contribution in [0.25, 0.3) is 6.08 Å². The van der Waals surface area contributed by atoms with Crippen molar-refractivity contribution in [2.45, 2.75) is 6.42 Å². The first kappa shape index (κ1) is 10.4. The summed E-state index contributed by atoms with van der Waals surface area (Å²) in [6.45, 7) is 0.0474. The lowest BCUT2D eigenvalue weighted by atomic mass is 10.2. The van der Waals surface area contributed by atoms with E-state index in [2.05, 4.69) is 4.98 Å². The average Bonchev–Trinajstić information content (AvgIpc) is 2.19. The van der Waals surface area contributed by atoms with E-state index in [-0.39, 0.29) is 12.2 Å². The number of pyridine rings is 1. The highest BCUT2D eigenvalue weighted by Gasteiger charge is 2.06. The zero-order valence-electron chi connectivity index (χ0n) is 7.55. The van der Waals surface area contributed by atoms with E-state index in [1.54, 1.807) is 18.2 Å². The number of aromatic nitrogens is 1. The predicted molar refractivity (Wildman–Crippen MR) is 51.9 cm³/mol. The second kappa shape index (κ2) is 5.14. The Morgan fingerprint density at radius 3 is 3.00 bits per heavy atom. The lowest BCUT2D eigenvalue weighted by Crippen LogP contribution is -2.00. The van der Waals surface area contributed by atoms with Crippen LogP contribution in [0, 0.1) is 0 Å². The van der Waals surface area contributed by atoms with E-state index < -0.39 is 5.97 Å². The fourth-order valence-corrected chi connectivity index (χ4v) is 1.00. The molecule has 14 heavy (non-hydrogen) atoms. The van der Waals surface area contributed by atoms with E-state index >= 15 is 0 Å². The Balaban J connectivity index is 2.90. The van der Waals surface area contributed by atoms with Crippen molar-refractivity contribution in [3.05, 3.63) is 35.7 Å². The molecule has 4 nitrogen and oxygen atoms in total. The highest BCUT2D eigenvalue weighted by molar-refractivity contribution is 5.91. The minimum absolute atomic E-state index is 0.0474. The van der Waals surface area contributed by atoms with Gasteiger partial charge < -0.3 is 10.2 Å². The van der Waals surface area contributed by atoms with Crippen LogP contribution in [0.15, 0.2) is 24.4 Å². The maximum absolute atomic E-state index is 10.7. The largest absolute Gasteiger partial charge is 0.478 e. The molecular weight excluding hydrogens is 182 g/mol. The number of nitrogens with zero attached hydrogens (tertiary/aromatic N) is 1. The highest BCUT2D eigenvalue weighted by Crippen LogP contribution is 2.07. The second-order valence-corrected chi connectivity index (χ2v) is 2.66. The highest BCUT2D eigenvalue weighted by atomic mass is 16.4. The van der Waals surface area contributed by atoms with E-state index in [0.29, 0.717) is 12.1 Å². The van der Waals surface area contributed by atoms with Gasteiger partial charge in [-0.05, 0) is 24.6 Å². The zero-order chi connectivity index (χ0) is 10.4. The van der Waals surface area contributed by atoms with Gasteiger partial charge in [0.25, 0.3) is 0 Å². The fourth-order valence-electron chi connectivity index (χ4n) is 1.00. The molecule has 0 aliphatic rings. The number of aromatic carboxylic acids is 1. The number of carboxylic acid groups (broad SMARTS) is 1. The predicted octanol–water partition coefficient (Wildman–Crippen LogP) is 1.18. The van der Waals surface area contributed by atoms with Crippen LogP contribution >= 0.6 is 0 Å². The van der Waals surface area contributed by atoms with Crippen molar-refractivity contribution >= 4 is 12.0 Å². The van der Waals surface area contributed by atoms with Crippen LogP contribution in [-0.4, -0.2) is 27.8 Å². The summed E-state index contributed by atoms with van der Waals surface area (Å²) in [5.41, 5.74) is 0.579. The number of hydrogen-bond donors (Lipinski definition) is 2. The summed E-state index contributed by atoms with van der Waals surface area (Å²) in [7, 11) is 0. The maximum Gasteiger partial charge on any atom is 0.337 e. The minimum Gasteiger partial charge on any atom is -0.478 e. The van der Waals surface area contributed by atoms with Crippen molar-refractivity contribution in [3.8, 4) is 0 Å². The molecule has 0 saturated heterocycles. The van der Waals surface area contributed by atoms with Gasteiger partial charge in [-0.3, -0.25) is 4.98 Å². The van der Waals surface area contributed by atoms with Crippen LogP contribution in [0.3, 0.4) is 0 Å². The van der Waals surface area contributed by atoms with Crippen LogP contribution in [0.5, 0.6) is 0 Å². The molecule has 0 fully saturated rings. The maximum atomic E-state index is 10.7. The molecule has 0 bridgehead atoms. The van der Waals surface area contributed by atoms with Gasteiger partial charge in [0.05, 0.1) is 11.3 Å². The lowest BCUT2D eigenvalue weighted by molar-refractivity contribution is 0.0696. The topological polar surface area (TPSA) is 70.4 Å². The number of aliphatic hydroxyl groups excluding tert-OH is 1. The van der Waals surface area contributed by atoms with Crippen LogP contribution in [0.2, 0.25) is 0 Å². The van der Waals surface area contributed by atoms with Gasteiger partial charge in [-0.15, -0.1) is 0 Å². The summed E-state index contributed by atoms with van der Waals surface area (Å²) < 4.78 is 0. The summed E-state index contributed by atoms with van der Waals surface area (Å²) in [5, 5.41) is 17.3. The van der Waals surface area contributed by atoms with Crippen LogP contribution in [-0.2, 0) is 0 Å². The summed E-state index contributed by atoms with van der Waals surface area (Å²) >= 11 is 0. The number of hydrogen-bond acceptors (Lipinski definition) is 3. The third-order valence-electron chi connectivity index (χ3n) is 1.64. The summed E-state index contributed by atoms with van der Waals surface area (Å²) in [4.78, 5) is 14.7. The van der Waals surface area contributed by atoms with Gasteiger partial charge in [0.1, 0.15) is 0 Å². The molecule has 1 heterocycles. The van der Waals surface area contributed by atoms with Crippen molar-refractivity contribution in [2.75, 3.05) is 6.61 Å². The third-order valence-corrected chi connectivity index (χ3v) is 1.64. The quantitative estimate of drug-likeness (QED) is 0.753. The Labute approximate surface area is 81.5 Å². The molecule has 1 aromatic heterocycles. The summed E-state index contributed by atoms with van der Waals surface area (Å²) in [6.07, 6.45) is 5.31. The Morgan fingerprint density at radius 2 is 2.36 bits per heavy atom. The first-order valence-electron chi connectivity index (χ1n) is 4.21. The minimum atomic E-state index is -0.998. The molecule has 0 amide bonds. The monoisotopic (exact) mass is 193 g/mol. The van der Waals surface area contributed by atoms with E-state index in [1.165, 1.54) is 12.3 Å². The normalized spacial score (nSPS) is 10.6. The van der Waals surface area contributed by atoms with Crippen molar-refractivity contribution in [1.29, 1.82) is 0 Å². The number of rotatable bonds is 4. The van der Waals surface area contributed by atoms with Crippen LogP contribution in [0.1, 0.15) is 22.5 Å². The van der Waals surface area contributed by atoms with Crippen LogP contribution < -0.4 is 0 Å². The standard InChI is InChI=1S/C10H11NO3/c12-7-2-1-5-9-8(10(13)14)4-3-6-11-9/h1,3-6,12H,2,7H2,(H,13,14). The second-order valence-electron chi connectivity index (χ2n) is 2.66. The molecular formula is C10H11NO3. The molecule has 2 N–H and O–H groups in total. The van der Waals surface area contributed by atoms with Gasteiger partial charge in [0.15, 0.2) is 0 Å². The molecule has 0 aliphatic heterocycles. The number of carboxylic acids is 1. The van der Waals surface area contributed by atoms with Crippen molar-refractivity contribution in [1.82, 2.24) is 4.98 Å². The molecule has 74 valence electrons. The van der Waals surface area contributed by atoms with Crippen molar-refractivity contribution in [2.24, 2.45) is 0 Å². The first-order chi connectivity index (χ1) is 6.75. The molecule has 0 aromatic carbocycles. The van der Waals surface area contributed by atoms with Gasteiger partial charge >= 0.3 is 5.97 Å². The van der Waals surface area contributed by atoms with E-state index in [4.69, 9.17) is 10.2 Å². The van der Waals surface area contributed by atoms with Gasteiger partial charge in [-0.2, -0.15) is 0 Å². The number of carbonyl (C=O) groups is 1. The van der Waals surface area contributed by atoms with Crippen molar-refractivity contribution in [3.63, 3.8) is 0 Å². The lowest BCUT2D eigenvalue weighted by Gasteiger charge is -1.98. The Morgan fingerprint density at radius 1 is 1.57 bits per heavy atom. The molecule has 0 radical (unpaired) electrons. The summed E-state index contributed by atoms with van der Waals surface area (Å²) in [6, 6.07) is 3.07. The summed E-state index contributed by atoms with van der Waals surface area (Å²) in [5.74, 6) is -0.998. The molecule has 1 aromatic rings.